The van der Waals surface area contributed by atoms with E-state index in [2.05, 4.69) is 25.9 Å². The molecule has 8 heteroatoms. The van der Waals surface area contributed by atoms with E-state index >= 15 is 0 Å². The highest BCUT2D eigenvalue weighted by Crippen LogP contribution is 2.25. The third-order valence-corrected chi connectivity index (χ3v) is 4.50. The van der Waals surface area contributed by atoms with E-state index < -0.39 is 0 Å². The Hall–Kier alpha value is -3.00. The van der Waals surface area contributed by atoms with E-state index in [-0.39, 0.29) is 5.56 Å². The molecule has 8 nitrogen and oxygen atoms in total. The van der Waals surface area contributed by atoms with Crippen LogP contribution in [-0.4, -0.2) is 39.1 Å². The number of anilines is 1. The molecule has 1 saturated heterocycles. The average Bonchev–Trinajstić information content (AvgIpc) is 2.95. The second kappa shape index (κ2) is 6.72. The van der Waals surface area contributed by atoms with Crippen molar-refractivity contribution in [3.05, 3.63) is 58.0 Å². The van der Waals surface area contributed by atoms with Gasteiger partial charge in [-0.2, -0.15) is 5.10 Å². The minimum atomic E-state index is -0.170. The molecule has 2 N–H and O–H groups in total. The first kappa shape index (κ1) is 16.5. The normalized spacial score (nSPS) is 14.2. The second-order valence-corrected chi connectivity index (χ2v) is 6.49. The quantitative estimate of drug-likeness (QED) is 0.715. The zero-order chi connectivity index (χ0) is 18.1. The topological polar surface area (TPSA) is 97.9 Å². The van der Waals surface area contributed by atoms with Gasteiger partial charge in [-0.3, -0.25) is 9.78 Å². The van der Waals surface area contributed by atoms with E-state index in [0.717, 1.165) is 35.6 Å². The molecule has 1 aliphatic rings. The van der Waals surface area contributed by atoms with Crippen molar-refractivity contribution in [1.29, 1.82) is 0 Å². The van der Waals surface area contributed by atoms with Gasteiger partial charge in [0, 0.05) is 42.2 Å². The lowest BCUT2D eigenvalue weighted by Gasteiger charge is -2.28. The summed E-state index contributed by atoms with van der Waals surface area (Å²) in [7, 11) is 0. The fourth-order valence-corrected chi connectivity index (χ4v) is 2.82. The number of pyridine rings is 1. The lowest BCUT2D eigenvalue weighted by atomic mass is 10.1. The molecule has 0 amide bonds. The summed E-state index contributed by atoms with van der Waals surface area (Å²) in [5.74, 6) is 0.664. The zero-order valence-corrected chi connectivity index (χ0v) is 14.7. The van der Waals surface area contributed by atoms with Gasteiger partial charge >= 0.3 is 0 Å². The molecule has 3 aromatic rings. The number of nitrogens with zero attached hydrogens (tertiary/aromatic N) is 4. The van der Waals surface area contributed by atoms with Crippen molar-refractivity contribution < 1.29 is 4.52 Å². The van der Waals surface area contributed by atoms with Crippen LogP contribution in [0.5, 0.6) is 0 Å². The maximum atomic E-state index is 12.4. The summed E-state index contributed by atoms with van der Waals surface area (Å²) in [5, 5.41) is 14.9. The standard InChI is InChI=1S/C18H20N6O2/c1-11-3-4-13(6-20-11)18-16(12(2)26-23-18)10-24-17(25)5-14(9-21-24)22-15-7-19-8-15/h3-6,9,15,19,22H,7-8,10H2,1-2H3. The molecule has 0 saturated carbocycles. The predicted octanol–water partition coefficient (Wildman–Crippen LogP) is 1.34. The van der Waals surface area contributed by atoms with Crippen LogP contribution < -0.4 is 16.2 Å². The molecular weight excluding hydrogens is 332 g/mol. The minimum Gasteiger partial charge on any atom is -0.378 e. The molecule has 26 heavy (non-hydrogen) atoms. The van der Waals surface area contributed by atoms with E-state index in [4.69, 9.17) is 4.52 Å². The maximum Gasteiger partial charge on any atom is 0.269 e. The maximum absolute atomic E-state index is 12.4. The summed E-state index contributed by atoms with van der Waals surface area (Å²) in [6, 6.07) is 5.79. The number of hydrogen-bond acceptors (Lipinski definition) is 7. The van der Waals surface area contributed by atoms with Crippen LogP contribution in [-0.2, 0) is 6.54 Å². The average molecular weight is 352 g/mol. The van der Waals surface area contributed by atoms with Crippen molar-refractivity contribution in [3.63, 3.8) is 0 Å². The summed E-state index contributed by atoms with van der Waals surface area (Å²) in [6.45, 7) is 5.85. The summed E-state index contributed by atoms with van der Waals surface area (Å²) >= 11 is 0. The van der Waals surface area contributed by atoms with Gasteiger partial charge in [-0.15, -0.1) is 0 Å². The van der Waals surface area contributed by atoms with Gasteiger partial charge in [-0.25, -0.2) is 4.68 Å². The fourth-order valence-electron chi connectivity index (χ4n) is 2.82. The molecule has 0 radical (unpaired) electrons. The van der Waals surface area contributed by atoms with Gasteiger partial charge < -0.3 is 15.2 Å². The van der Waals surface area contributed by atoms with Crippen molar-refractivity contribution in [2.24, 2.45) is 0 Å². The molecule has 4 rings (SSSR count). The zero-order valence-electron chi connectivity index (χ0n) is 14.7. The molecule has 4 heterocycles. The van der Waals surface area contributed by atoms with Gasteiger partial charge in [-0.1, -0.05) is 5.16 Å². The van der Waals surface area contributed by atoms with Crippen LogP contribution in [0.15, 0.2) is 39.9 Å². The second-order valence-electron chi connectivity index (χ2n) is 6.49. The summed E-state index contributed by atoms with van der Waals surface area (Å²) in [6.07, 6.45) is 3.43. The van der Waals surface area contributed by atoms with Gasteiger partial charge in [0.15, 0.2) is 0 Å². The Labute approximate surface area is 150 Å². The lowest BCUT2D eigenvalue weighted by Crippen LogP contribution is -2.51. The Morgan fingerprint density at radius 3 is 2.81 bits per heavy atom. The van der Waals surface area contributed by atoms with Crippen LogP contribution in [0.2, 0.25) is 0 Å². The highest BCUT2D eigenvalue weighted by Gasteiger charge is 2.18. The van der Waals surface area contributed by atoms with Crippen molar-refractivity contribution in [1.82, 2.24) is 25.2 Å². The highest BCUT2D eigenvalue weighted by molar-refractivity contribution is 5.62. The first-order valence-electron chi connectivity index (χ1n) is 8.53. The molecule has 134 valence electrons. The monoisotopic (exact) mass is 352 g/mol. The first-order chi connectivity index (χ1) is 12.6. The van der Waals surface area contributed by atoms with Crippen LogP contribution in [0.1, 0.15) is 17.0 Å². The minimum absolute atomic E-state index is 0.170. The van der Waals surface area contributed by atoms with Crippen molar-refractivity contribution in [2.75, 3.05) is 18.4 Å². The highest BCUT2D eigenvalue weighted by atomic mass is 16.5. The van der Waals surface area contributed by atoms with E-state index in [0.29, 0.717) is 24.0 Å². The third kappa shape index (κ3) is 3.23. The molecule has 0 atom stereocenters. The van der Waals surface area contributed by atoms with Gasteiger partial charge in [-0.05, 0) is 26.0 Å². The first-order valence-corrected chi connectivity index (χ1v) is 8.53. The Morgan fingerprint density at radius 2 is 2.15 bits per heavy atom. The number of aromatic nitrogens is 4. The van der Waals surface area contributed by atoms with E-state index in [1.165, 1.54) is 4.68 Å². The fraction of sp³-hybridized carbons (Fsp3) is 0.333. The third-order valence-electron chi connectivity index (χ3n) is 4.50. The SMILES string of the molecule is Cc1ccc(-c2noc(C)c2Cn2ncc(NC3CNC3)cc2=O)cn1. The van der Waals surface area contributed by atoms with Gasteiger partial charge in [0.05, 0.1) is 24.5 Å². The van der Waals surface area contributed by atoms with E-state index in [9.17, 15) is 4.79 Å². The Balaban J connectivity index is 1.60. The molecule has 0 spiro atoms. The number of nitrogens with one attached hydrogen (secondary N) is 2. The molecule has 0 bridgehead atoms. The van der Waals surface area contributed by atoms with Crippen LogP contribution in [0.4, 0.5) is 5.69 Å². The predicted molar refractivity (Wildman–Crippen MR) is 97.1 cm³/mol. The summed E-state index contributed by atoms with van der Waals surface area (Å²) < 4.78 is 6.76. The van der Waals surface area contributed by atoms with E-state index in [1.807, 2.05) is 26.0 Å². The van der Waals surface area contributed by atoms with Crippen LogP contribution in [0.25, 0.3) is 11.3 Å². The smallest absolute Gasteiger partial charge is 0.269 e. The van der Waals surface area contributed by atoms with Crippen LogP contribution >= 0.6 is 0 Å². The molecule has 1 fully saturated rings. The van der Waals surface area contributed by atoms with Crippen LogP contribution in [0, 0.1) is 13.8 Å². The lowest BCUT2D eigenvalue weighted by molar-refractivity contribution is 0.397. The number of rotatable bonds is 5. The number of aryl methyl sites for hydroxylation is 2. The van der Waals surface area contributed by atoms with Crippen molar-refractivity contribution in [3.8, 4) is 11.3 Å². The molecule has 1 aliphatic heterocycles. The van der Waals surface area contributed by atoms with Gasteiger partial charge in [0.2, 0.25) is 0 Å². The molecular formula is C18H20N6O2. The molecule has 0 unspecified atom stereocenters. The molecule has 0 aliphatic carbocycles. The van der Waals surface area contributed by atoms with Crippen molar-refractivity contribution in [2.45, 2.75) is 26.4 Å². The molecule has 3 aromatic heterocycles. The van der Waals surface area contributed by atoms with Gasteiger partial charge in [0.25, 0.3) is 5.56 Å². The summed E-state index contributed by atoms with van der Waals surface area (Å²) in [5.41, 5.74) is 3.86. The Morgan fingerprint density at radius 1 is 1.31 bits per heavy atom. The van der Waals surface area contributed by atoms with Crippen LogP contribution in [0.3, 0.4) is 0 Å². The van der Waals surface area contributed by atoms with E-state index in [1.54, 1.807) is 18.5 Å². The van der Waals surface area contributed by atoms with Gasteiger partial charge in [0.1, 0.15) is 11.5 Å². The Kier molecular flexibility index (Phi) is 4.26. The molecule has 0 aromatic carbocycles. The largest absolute Gasteiger partial charge is 0.378 e. The summed E-state index contributed by atoms with van der Waals surface area (Å²) in [4.78, 5) is 16.7. The Bertz CT molecular complexity index is 972. The number of hydrogen-bond donors (Lipinski definition) is 2. The van der Waals surface area contributed by atoms with Crippen molar-refractivity contribution >= 4 is 5.69 Å².